The van der Waals surface area contributed by atoms with Crippen molar-refractivity contribution in [1.82, 2.24) is 9.88 Å². The molecule has 0 atom stereocenters. The molecular weight excluding hydrogens is 186 g/mol. The summed E-state index contributed by atoms with van der Waals surface area (Å²) in [5.41, 5.74) is 6.39. The summed E-state index contributed by atoms with van der Waals surface area (Å²) in [6.45, 7) is 1.19. The standard InChI is InChI=1S/C8H11N3OS/c1-11-3-2-5-7(8(11)12)13-6(4-9)10-5/h2-4,9H2,1H3. The lowest BCUT2D eigenvalue weighted by atomic mass is 10.2. The third-order valence-electron chi connectivity index (χ3n) is 2.14. The number of hydrogen-bond donors (Lipinski definition) is 1. The van der Waals surface area contributed by atoms with Gasteiger partial charge in [-0.1, -0.05) is 0 Å². The van der Waals surface area contributed by atoms with E-state index in [0.29, 0.717) is 6.54 Å². The van der Waals surface area contributed by atoms with E-state index in [1.54, 1.807) is 4.90 Å². The third-order valence-corrected chi connectivity index (χ3v) is 3.25. The fourth-order valence-electron chi connectivity index (χ4n) is 1.37. The molecule has 0 unspecified atom stereocenters. The molecule has 0 spiro atoms. The topological polar surface area (TPSA) is 59.2 Å². The highest BCUT2D eigenvalue weighted by Crippen LogP contribution is 2.23. The van der Waals surface area contributed by atoms with E-state index >= 15 is 0 Å². The lowest BCUT2D eigenvalue weighted by Gasteiger charge is -2.20. The highest BCUT2D eigenvalue weighted by molar-refractivity contribution is 7.13. The fraction of sp³-hybridized carbons (Fsp3) is 0.500. The summed E-state index contributed by atoms with van der Waals surface area (Å²) in [6, 6.07) is 0. The number of thiazole rings is 1. The molecule has 13 heavy (non-hydrogen) atoms. The van der Waals surface area contributed by atoms with E-state index in [2.05, 4.69) is 4.98 Å². The molecule has 1 aliphatic rings. The number of rotatable bonds is 1. The van der Waals surface area contributed by atoms with Crippen LogP contribution < -0.4 is 5.73 Å². The maximum Gasteiger partial charge on any atom is 0.265 e. The highest BCUT2D eigenvalue weighted by atomic mass is 32.1. The van der Waals surface area contributed by atoms with Crippen LogP contribution in [0.2, 0.25) is 0 Å². The molecule has 2 rings (SSSR count). The van der Waals surface area contributed by atoms with Crippen LogP contribution in [0.3, 0.4) is 0 Å². The molecule has 0 saturated heterocycles. The van der Waals surface area contributed by atoms with Crippen LogP contribution in [0.4, 0.5) is 0 Å². The van der Waals surface area contributed by atoms with Crippen LogP contribution in [0.15, 0.2) is 0 Å². The quantitative estimate of drug-likeness (QED) is 0.701. The molecule has 0 aromatic carbocycles. The second kappa shape index (κ2) is 3.08. The number of fused-ring (bicyclic) bond motifs is 1. The maximum absolute atomic E-state index is 11.6. The van der Waals surface area contributed by atoms with Gasteiger partial charge in [-0.3, -0.25) is 4.79 Å². The van der Waals surface area contributed by atoms with Gasteiger partial charge < -0.3 is 10.6 Å². The van der Waals surface area contributed by atoms with E-state index in [1.165, 1.54) is 11.3 Å². The van der Waals surface area contributed by atoms with E-state index in [0.717, 1.165) is 28.5 Å². The monoisotopic (exact) mass is 197 g/mol. The van der Waals surface area contributed by atoms with Gasteiger partial charge in [-0.05, 0) is 0 Å². The first-order valence-corrected chi connectivity index (χ1v) is 4.98. The Labute approximate surface area is 80.4 Å². The van der Waals surface area contributed by atoms with Crippen LogP contribution in [0, 0.1) is 0 Å². The second-order valence-corrected chi connectivity index (χ2v) is 4.15. The van der Waals surface area contributed by atoms with Crippen LogP contribution in [0.1, 0.15) is 20.4 Å². The van der Waals surface area contributed by atoms with Gasteiger partial charge in [-0.25, -0.2) is 4.98 Å². The Morgan fingerprint density at radius 2 is 2.46 bits per heavy atom. The van der Waals surface area contributed by atoms with Gasteiger partial charge in [0.1, 0.15) is 9.88 Å². The molecule has 0 fully saturated rings. The molecule has 70 valence electrons. The Bertz CT molecular complexity index is 347. The summed E-state index contributed by atoms with van der Waals surface area (Å²) in [7, 11) is 1.81. The molecule has 2 heterocycles. The van der Waals surface area contributed by atoms with Crippen molar-refractivity contribution in [1.29, 1.82) is 0 Å². The number of likely N-dealkylation sites (N-methyl/N-ethyl adjacent to an activating group) is 1. The Kier molecular flexibility index (Phi) is 2.05. The predicted octanol–water partition coefficient (Wildman–Crippen LogP) is 0.230. The molecule has 0 saturated carbocycles. The molecule has 0 aliphatic carbocycles. The Morgan fingerprint density at radius 1 is 1.69 bits per heavy atom. The summed E-state index contributed by atoms with van der Waals surface area (Å²) in [4.78, 5) is 18.4. The molecular formula is C8H11N3OS. The molecule has 2 N–H and O–H groups in total. The zero-order chi connectivity index (χ0) is 9.42. The zero-order valence-corrected chi connectivity index (χ0v) is 8.23. The first-order valence-electron chi connectivity index (χ1n) is 4.16. The van der Waals surface area contributed by atoms with Gasteiger partial charge >= 0.3 is 0 Å². The van der Waals surface area contributed by atoms with Crippen LogP contribution in [-0.4, -0.2) is 29.4 Å². The Morgan fingerprint density at radius 3 is 3.15 bits per heavy atom. The molecule has 0 radical (unpaired) electrons. The average molecular weight is 197 g/mol. The van der Waals surface area contributed by atoms with E-state index in [4.69, 9.17) is 5.73 Å². The van der Waals surface area contributed by atoms with Crippen molar-refractivity contribution in [2.75, 3.05) is 13.6 Å². The smallest absolute Gasteiger partial charge is 0.265 e. The molecule has 1 amide bonds. The molecule has 1 aromatic heterocycles. The van der Waals surface area contributed by atoms with Crippen molar-refractivity contribution in [2.45, 2.75) is 13.0 Å². The average Bonchev–Trinajstić information content (AvgIpc) is 2.55. The number of carbonyl (C=O) groups is 1. The van der Waals surface area contributed by atoms with Crippen LogP contribution in [-0.2, 0) is 13.0 Å². The maximum atomic E-state index is 11.6. The lowest BCUT2D eigenvalue weighted by molar-refractivity contribution is 0.0785. The SMILES string of the molecule is CN1CCc2nc(CN)sc2C1=O. The summed E-state index contributed by atoms with van der Waals surface area (Å²) in [5.74, 6) is 0.0819. The fourth-order valence-corrected chi connectivity index (χ4v) is 2.36. The molecule has 1 aliphatic heterocycles. The van der Waals surface area contributed by atoms with Gasteiger partial charge in [0, 0.05) is 26.6 Å². The number of carbonyl (C=O) groups excluding carboxylic acids is 1. The summed E-state index contributed by atoms with van der Waals surface area (Å²) in [6.07, 6.45) is 0.855. The van der Waals surface area contributed by atoms with Crippen molar-refractivity contribution in [3.05, 3.63) is 15.6 Å². The van der Waals surface area contributed by atoms with E-state index < -0.39 is 0 Å². The third kappa shape index (κ3) is 1.34. The molecule has 1 aromatic rings. The first-order chi connectivity index (χ1) is 6.22. The van der Waals surface area contributed by atoms with Crippen molar-refractivity contribution in [3.63, 3.8) is 0 Å². The number of hydrogen-bond acceptors (Lipinski definition) is 4. The van der Waals surface area contributed by atoms with Crippen molar-refractivity contribution < 1.29 is 4.79 Å². The van der Waals surface area contributed by atoms with Crippen molar-refractivity contribution in [3.8, 4) is 0 Å². The highest BCUT2D eigenvalue weighted by Gasteiger charge is 2.25. The van der Waals surface area contributed by atoms with E-state index in [1.807, 2.05) is 7.05 Å². The number of aromatic nitrogens is 1. The second-order valence-electron chi connectivity index (χ2n) is 3.06. The van der Waals surface area contributed by atoms with Gasteiger partial charge in [0.25, 0.3) is 5.91 Å². The summed E-state index contributed by atoms with van der Waals surface area (Å²) < 4.78 is 0. The van der Waals surface area contributed by atoms with Crippen molar-refractivity contribution >= 4 is 17.2 Å². The minimum atomic E-state index is 0.0819. The summed E-state index contributed by atoms with van der Waals surface area (Å²) in [5, 5.41) is 0.855. The minimum Gasteiger partial charge on any atom is -0.341 e. The predicted molar refractivity (Wildman–Crippen MR) is 50.7 cm³/mol. The Balaban J connectivity index is 2.42. The normalized spacial score (nSPS) is 16.2. The van der Waals surface area contributed by atoms with Gasteiger partial charge in [0.05, 0.1) is 5.69 Å². The largest absolute Gasteiger partial charge is 0.341 e. The molecule has 4 nitrogen and oxygen atoms in total. The number of nitrogens with two attached hydrogens (primary N) is 1. The van der Waals surface area contributed by atoms with Crippen molar-refractivity contribution in [2.24, 2.45) is 5.73 Å². The van der Waals surface area contributed by atoms with Crippen LogP contribution >= 0.6 is 11.3 Å². The van der Waals surface area contributed by atoms with Gasteiger partial charge in [-0.15, -0.1) is 11.3 Å². The zero-order valence-electron chi connectivity index (χ0n) is 7.41. The minimum absolute atomic E-state index is 0.0819. The Hall–Kier alpha value is -0.940. The van der Waals surface area contributed by atoms with E-state index in [-0.39, 0.29) is 5.91 Å². The van der Waals surface area contributed by atoms with Gasteiger partial charge in [-0.2, -0.15) is 0 Å². The lowest BCUT2D eigenvalue weighted by Crippen LogP contribution is -2.33. The first kappa shape index (κ1) is 8.65. The van der Waals surface area contributed by atoms with Crippen LogP contribution in [0.5, 0.6) is 0 Å². The van der Waals surface area contributed by atoms with Crippen LogP contribution in [0.25, 0.3) is 0 Å². The molecule has 5 heteroatoms. The molecule has 0 bridgehead atoms. The number of amides is 1. The number of nitrogens with zero attached hydrogens (tertiary/aromatic N) is 2. The van der Waals surface area contributed by atoms with Gasteiger partial charge in [0.15, 0.2) is 0 Å². The van der Waals surface area contributed by atoms with E-state index in [9.17, 15) is 4.79 Å². The summed E-state index contributed by atoms with van der Waals surface area (Å²) >= 11 is 1.42. The van der Waals surface area contributed by atoms with Gasteiger partial charge in [0.2, 0.25) is 0 Å².